The molecule has 1 saturated heterocycles. The minimum Gasteiger partial charge on any atom is -0.497 e. The Morgan fingerprint density at radius 1 is 1.17 bits per heavy atom. The summed E-state index contributed by atoms with van der Waals surface area (Å²) in [4.78, 5) is 26.2. The van der Waals surface area contributed by atoms with Gasteiger partial charge in [-0.3, -0.25) is 14.5 Å². The van der Waals surface area contributed by atoms with E-state index in [1.165, 1.54) is 4.90 Å². The quantitative estimate of drug-likeness (QED) is 0.604. The predicted octanol–water partition coefficient (Wildman–Crippen LogP) is 3.34. The Bertz CT molecular complexity index is 619. The van der Waals surface area contributed by atoms with Crippen LogP contribution >= 0.6 is 0 Å². The molecule has 1 atom stereocenters. The third-order valence-corrected chi connectivity index (χ3v) is 9.43. The van der Waals surface area contributed by atoms with Gasteiger partial charge in [-0.2, -0.15) is 0 Å². The van der Waals surface area contributed by atoms with E-state index in [-0.39, 0.29) is 29.8 Å². The van der Waals surface area contributed by atoms with Gasteiger partial charge in [0.15, 0.2) is 8.32 Å². The maximum absolute atomic E-state index is 12.6. The Labute approximate surface area is 145 Å². The Kier molecular flexibility index (Phi) is 5.20. The SMILES string of the molecule is COc1ccc(CN2C(=O)CC(O[Si](C)(C)C(C)(C)C)C2=O)cc1. The molecule has 2 amide bonds. The van der Waals surface area contributed by atoms with Crippen molar-refractivity contribution in [2.45, 2.75) is 58.0 Å². The van der Waals surface area contributed by atoms with Gasteiger partial charge in [-0.15, -0.1) is 0 Å². The van der Waals surface area contributed by atoms with Crippen LogP contribution in [0.4, 0.5) is 0 Å². The molecule has 0 saturated carbocycles. The maximum atomic E-state index is 12.6. The molecule has 1 aromatic rings. The van der Waals surface area contributed by atoms with Crippen molar-refractivity contribution in [1.29, 1.82) is 0 Å². The zero-order chi connectivity index (χ0) is 18.1. The van der Waals surface area contributed by atoms with E-state index in [1.807, 2.05) is 24.3 Å². The third kappa shape index (κ3) is 3.87. The van der Waals surface area contributed by atoms with Gasteiger partial charge in [-0.05, 0) is 35.8 Å². The Morgan fingerprint density at radius 2 is 1.75 bits per heavy atom. The highest BCUT2D eigenvalue weighted by Gasteiger charge is 2.46. The molecule has 0 bridgehead atoms. The molecule has 132 valence electrons. The van der Waals surface area contributed by atoms with Gasteiger partial charge in [0.05, 0.1) is 20.1 Å². The molecule has 0 spiro atoms. The first-order valence-corrected chi connectivity index (χ1v) is 11.1. The number of hydrogen-bond acceptors (Lipinski definition) is 4. The largest absolute Gasteiger partial charge is 0.497 e. The number of rotatable bonds is 5. The van der Waals surface area contributed by atoms with Crippen molar-refractivity contribution in [3.63, 3.8) is 0 Å². The molecule has 0 aliphatic carbocycles. The molecule has 2 rings (SSSR count). The van der Waals surface area contributed by atoms with Crippen LogP contribution in [0.1, 0.15) is 32.8 Å². The molecule has 1 aliphatic rings. The molecule has 0 N–H and O–H groups in total. The second-order valence-corrected chi connectivity index (χ2v) is 12.5. The van der Waals surface area contributed by atoms with Crippen LogP contribution in [0.5, 0.6) is 5.75 Å². The van der Waals surface area contributed by atoms with Crippen LogP contribution in [-0.2, 0) is 20.6 Å². The van der Waals surface area contributed by atoms with Crippen molar-refractivity contribution in [3.05, 3.63) is 29.8 Å². The van der Waals surface area contributed by atoms with Gasteiger partial charge in [0.1, 0.15) is 11.9 Å². The summed E-state index contributed by atoms with van der Waals surface area (Å²) in [6.45, 7) is 10.8. The number of methoxy groups -OCH3 is 1. The number of nitrogens with zero attached hydrogens (tertiary/aromatic N) is 1. The molecule has 1 aliphatic heterocycles. The summed E-state index contributed by atoms with van der Waals surface area (Å²) in [5.41, 5.74) is 0.894. The summed E-state index contributed by atoms with van der Waals surface area (Å²) in [5, 5.41) is -0.000267. The molecule has 1 aromatic carbocycles. The van der Waals surface area contributed by atoms with Gasteiger partial charge in [0.25, 0.3) is 5.91 Å². The van der Waals surface area contributed by atoms with Crippen LogP contribution in [0.15, 0.2) is 24.3 Å². The smallest absolute Gasteiger partial charge is 0.257 e. The molecule has 24 heavy (non-hydrogen) atoms. The molecule has 0 radical (unpaired) electrons. The average molecular weight is 350 g/mol. The minimum absolute atomic E-state index is 0.000267. The second kappa shape index (κ2) is 6.68. The van der Waals surface area contributed by atoms with Gasteiger partial charge in [-0.1, -0.05) is 32.9 Å². The Hall–Kier alpha value is -1.66. The topological polar surface area (TPSA) is 55.8 Å². The van der Waals surface area contributed by atoms with Gasteiger partial charge >= 0.3 is 0 Å². The highest BCUT2D eigenvalue weighted by atomic mass is 28.4. The number of benzene rings is 1. The summed E-state index contributed by atoms with van der Waals surface area (Å²) in [6.07, 6.45) is -0.502. The van der Waals surface area contributed by atoms with Crippen molar-refractivity contribution in [2.24, 2.45) is 0 Å². The average Bonchev–Trinajstić information content (AvgIpc) is 2.74. The molecule has 1 fully saturated rings. The first-order valence-electron chi connectivity index (χ1n) is 8.20. The van der Waals surface area contributed by atoms with Gasteiger partial charge in [0.2, 0.25) is 5.91 Å². The van der Waals surface area contributed by atoms with Crippen LogP contribution < -0.4 is 4.74 Å². The zero-order valence-corrected chi connectivity index (χ0v) is 16.4. The van der Waals surface area contributed by atoms with Crippen molar-refractivity contribution >= 4 is 20.1 Å². The highest BCUT2D eigenvalue weighted by molar-refractivity contribution is 6.74. The van der Waals surface area contributed by atoms with Crippen LogP contribution in [0.25, 0.3) is 0 Å². The molecule has 6 heteroatoms. The predicted molar refractivity (Wildman–Crippen MR) is 95.2 cm³/mol. The monoisotopic (exact) mass is 349 g/mol. The fraction of sp³-hybridized carbons (Fsp3) is 0.556. The Balaban J connectivity index is 2.08. The second-order valence-electron chi connectivity index (χ2n) is 7.74. The lowest BCUT2D eigenvalue weighted by molar-refractivity contribution is -0.141. The summed E-state index contributed by atoms with van der Waals surface area (Å²) >= 11 is 0. The molecule has 1 unspecified atom stereocenters. The maximum Gasteiger partial charge on any atom is 0.257 e. The van der Waals surface area contributed by atoms with Crippen LogP contribution in [0.2, 0.25) is 18.1 Å². The number of carbonyl (C=O) groups is 2. The lowest BCUT2D eigenvalue weighted by Crippen LogP contribution is -2.46. The van der Waals surface area contributed by atoms with Gasteiger partial charge in [0, 0.05) is 0 Å². The number of ether oxygens (including phenoxy) is 1. The molecule has 5 nitrogen and oxygen atoms in total. The number of carbonyl (C=O) groups excluding carboxylic acids is 2. The fourth-order valence-corrected chi connectivity index (χ4v) is 3.61. The molecular formula is C18H27NO4Si. The van der Waals surface area contributed by atoms with Crippen molar-refractivity contribution in [2.75, 3.05) is 7.11 Å². The summed E-state index contributed by atoms with van der Waals surface area (Å²) in [6, 6.07) is 7.37. The lowest BCUT2D eigenvalue weighted by atomic mass is 10.2. The van der Waals surface area contributed by atoms with E-state index in [1.54, 1.807) is 7.11 Å². The van der Waals surface area contributed by atoms with Crippen LogP contribution in [0, 0.1) is 0 Å². The zero-order valence-electron chi connectivity index (χ0n) is 15.4. The molecule has 0 aromatic heterocycles. The number of likely N-dealkylation sites (tertiary alicyclic amines) is 1. The number of imide groups is 1. The van der Waals surface area contributed by atoms with Gasteiger partial charge in [-0.25, -0.2) is 0 Å². The first kappa shape index (κ1) is 18.7. The van der Waals surface area contributed by atoms with Crippen molar-refractivity contribution in [1.82, 2.24) is 4.90 Å². The fourth-order valence-electron chi connectivity index (χ4n) is 2.36. The van der Waals surface area contributed by atoms with Gasteiger partial charge < -0.3 is 9.16 Å². The molecular weight excluding hydrogens is 322 g/mol. The van der Waals surface area contributed by atoms with E-state index in [2.05, 4.69) is 33.9 Å². The normalized spacial score (nSPS) is 19.1. The standard InChI is InChI=1S/C18H27NO4Si/c1-18(2,3)24(5,6)23-15-11-16(20)19(17(15)21)12-13-7-9-14(22-4)10-8-13/h7-10,15H,11-12H2,1-6H3. The van der Waals surface area contributed by atoms with Crippen molar-refractivity contribution < 1.29 is 18.8 Å². The van der Waals surface area contributed by atoms with Crippen LogP contribution in [-0.4, -0.2) is 38.2 Å². The number of hydrogen-bond donors (Lipinski definition) is 0. The van der Waals surface area contributed by atoms with E-state index in [9.17, 15) is 9.59 Å². The van der Waals surface area contributed by atoms with E-state index >= 15 is 0 Å². The molecule has 1 heterocycles. The van der Waals surface area contributed by atoms with E-state index in [4.69, 9.17) is 9.16 Å². The summed E-state index contributed by atoms with van der Waals surface area (Å²) in [5.74, 6) is 0.358. The van der Waals surface area contributed by atoms with Crippen molar-refractivity contribution in [3.8, 4) is 5.75 Å². The highest BCUT2D eigenvalue weighted by Crippen LogP contribution is 2.38. The van der Waals surface area contributed by atoms with E-state index in [0.29, 0.717) is 0 Å². The van der Waals surface area contributed by atoms with Crippen LogP contribution in [0.3, 0.4) is 0 Å². The van der Waals surface area contributed by atoms with E-state index in [0.717, 1.165) is 11.3 Å². The minimum atomic E-state index is -2.09. The lowest BCUT2D eigenvalue weighted by Gasteiger charge is -2.37. The first-order chi connectivity index (χ1) is 11.0. The number of amides is 2. The Morgan fingerprint density at radius 3 is 2.25 bits per heavy atom. The summed E-state index contributed by atoms with van der Waals surface area (Å²) < 4.78 is 11.3. The third-order valence-electron chi connectivity index (χ3n) is 4.95. The van der Waals surface area contributed by atoms with E-state index < -0.39 is 14.4 Å². The summed E-state index contributed by atoms with van der Waals surface area (Å²) in [7, 11) is -0.489.